The first-order valence-electron chi connectivity index (χ1n) is 10.8. The van der Waals surface area contributed by atoms with Gasteiger partial charge < -0.3 is 9.32 Å². The Labute approximate surface area is 173 Å². The van der Waals surface area contributed by atoms with Gasteiger partial charge in [-0.1, -0.05) is 31.1 Å². The highest BCUT2D eigenvalue weighted by atomic mass is 16.3. The van der Waals surface area contributed by atoms with E-state index in [0.29, 0.717) is 5.92 Å². The molecule has 3 nitrogen and oxygen atoms in total. The van der Waals surface area contributed by atoms with Crippen molar-refractivity contribution in [2.24, 2.45) is 0 Å². The Morgan fingerprint density at radius 2 is 1.72 bits per heavy atom. The van der Waals surface area contributed by atoms with Gasteiger partial charge in [-0.3, -0.25) is 0 Å². The van der Waals surface area contributed by atoms with Crippen molar-refractivity contribution in [1.29, 1.82) is 0 Å². The number of aryl methyl sites for hydroxylation is 1. The van der Waals surface area contributed by atoms with Gasteiger partial charge in [0.25, 0.3) is 0 Å². The van der Waals surface area contributed by atoms with Crippen molar-refractivity contribution >= 4 is 22.1 Å². The van der Waals surface area contributed by atoms with Gasteiger partial charge in [-0.15, -0.1) is 0 Å². The van der Waals surface area contributed by atoms with E-state index in [-0.39, 0.29) is 5.54 Å². The number of pyridine rings is 1. The van der Waals surface area contributed by atoms with Crippen molar-refractivity contribution in [2.45, 2.75) is 64.8 Å². The normalized spacial score (nSPS) is 23.1. The summed E-state index contributed by atoms with van der Waals surface area (Å²) in [6, 6.07) is 8.86. The van der Waals surface area contributed by atoms with E-state index in [9.17, 15) is 0 Å². The second-order valence-corrected chi connectivity index (χ2v) is 9.20. The van der Waals surface area contributed by atoms with E-state index < -0.39 is 0 Å². The third-order valence-corrected chi connectivity index (χ3v) is 7.26. The van der Waals surface area contributed by atoms with Crippen molar-refractivity contribution in [3.63, 3.8) is 0 Å². The molecule has 0 bridgehead atoms. The predicted molar refractivity (Wildman–Crippen MR) is 120 cm³/mol. The largest absolute Gasteiger partial charge is 0.437 e. The van der Waals surface area contributed by atoms with Gasteiger partial charge in [-0.25, -0.2) is 4.98 Å². The number of likely N-dealkylation sites (N-methyl/N-ethyl adjacent to an activating group) is 1. The molecule has 0 radical (unpaired) electrons. The number of nitrogens with zero attached hydrogens (tertiary/aromatic N) is 2. The van der Waals surface area contributed by atoms with Crippen molar-refractivity contribution in [2.75, 3.05) is 7.05 Å². The summed E-state index contributed by atoms with van der Waals surface area (Å²) in [6.07, 6.45) is 9.75. The van der Waals surface area contributed by atoms with E-state index in [1.165, 1.54) is 53.7 Å². The summed E-state index contributed by atoms with van der Waals surface area (Å²) in [4.78, 5) is 7.28. The maximum absolute atomic E-state index is 6.51. The smallest absolute Gasteiger partial charge is 0.227 e. The lowest BCUT2D eigenvalue weighted by Gasteiger charge is -2.41. The van der Waals surface area contributed by atoms with Crippen LogP contribution in [0.25, 0.3) is 22.1 Å². The van der Waals surface area contributed by atoms with Gasteiger partial charge >= 0.3 is 0 Å². The zero-order valence-electron chi connectivity index (χ0n) is 18.2. The third-order valence-electron chi connectivity index (χ3n) is 7.26. The minimum atomic E-state index is -0.255. The van der Waals surface area contributed by atoms with Gasteiger partial charge in [0.1, 0.15) is 5.58 Å². The van der Waals surface area contributed by atoms with Gasteiger partial charge in [-0.05, 0) is 69.4 Å². The minimum Gasteiger partial charge on any atom is -0.437 e. The number of fused-ring (bicyclic) bond motifs is 3. The lowest BCUT2D eigenvalue weighted by Crippen LogP contribution is -2.39. The molecule has 1 aliphatic carbocycles. The van der Waals surface area contributed by atoms with Crippen LogP contribution in [0.2, 0.25) is 0 Å². The number of allylic oxidation sites excluding steroid dienone is 2. The molecule has 0 N–H and O–H groups in total. The number of furan rings is 1. The monoisotopic (exact) mass is 386 g/mol. The molecule has 1 fully saturated rings. The summed E-state index contributed by atoms with van der Waals surface area (Å²) in [7, 11) is 2.16. The highest BCUT2D eigenvalue weighted by molar-refractivity contribution is 6.05. The molecule has 5 rings (SSSR count). The minimum absolute atomic E-state index is 0.255. The van der Waals surface area contributed by atoms with E-state index in [0.717, 1.165) is 22.1 Å². The molecule has 3 heterocycles. The van der Waals surface area contributed by atoms with Crippen molar-refractivity contribution in [3.8, 4) is 0 Å². The summed E-state index contributed by atoms with van der Waals surface area (Å²) in [5.41, 5.74) is 7.81. The average molecular weight is 387 g/mol. The molecule has 0 saturated heterocycles. The summed E-state index contributed by atoms with van der Waals surface area (Å²) in [6.45, 7) is 8.84. The number of aromatic nitrogens is 1. The fourth-order valence-electron chi connectivity index (χ4n) is 5.32. The molecule has 150 valence electrons. The molecule has 0 spiro atoms. The number of rotatable bonds is 2. The van der Waals surface area contributed by atoms with E-state index >= 15 is 0 Å². The van der Waals surface area contributed by atoms with Gasteiger partial charge in [-0.2, -0.15) is 0 Å². The Hall–Kier alpha value is -2.55. The Morgan fingerprint density at radius 3 is 2.48 bits per heavy atom. The summed E-state index contributed by atoms with van der Waals surface area (Å²) < 4.78 is 6.51. The molecule has 3 heteroatoms. The lowest BCUT2D eigenvalue weighted by molar-refractivity contribution is 0.256. The maximum Gasteiger partial charge on any atom is 0.227 e. The fourth-order valence-corrected chi connectivity index (χ4v) is 5.32. The number of hydrogen-bond donors (Lipinski definition) is 0. The van der Waals surface area contributed by atoms with Gasteiger partial charge in [0.2, 0.25) is 5.71 Å². The van der Waals surface area contributed by atoms with E-state index in [2.05, 4.69) is 76.2 Å². The Kier molecular flexibility index (Phi) is 4.13. The van der Waals surface area contributed by atoms with Crippen LogP contribution in [0.5, 0.6) is 0 Å². The van der Waals surface area contributed by atoms with Crippen LogP contribution in [0.15, 0.2) is 52.1 Å². The van der Waals surface area contributed by atoms with Gasteiger partial charge in [0.15, 0.2) is 0 Å². The predicted octanol–water partition coefficient (Wildman–Crippen LogP) is 6.96. The van der Waals surface area contributed by atoms with Crippen LogP contribution >= 0.6 is 0 Å². The highest BCUT2D eigenvalue weighted by Gasteiger charge is 2.35. The second-order valence-electron chi connectivity index (χ2n) is 9.20. The fraction of sp³-hybridized carbons (Fsp3) is 0.423. The third kappa shape index (κ3) is 2.74. The molecule has 0 amide bonds. The Balaban J connectivity index is 1.73. The molecule has 29 heavy (non-hydrogen) atoms. The SMILES string of the molecule is CC1=CN(C)C(C)(c2c(C)ccc3c2oc2nc(C4CCCC4)ccc23)C=C1C. The second kappa shape index (κ2) is 6.48. The topological polar surface area (TPSA) is 29.3 Å². The standard InChI is InChI=1S/C26H30N2O/c1-16-10-11-20-21-12-13-22(19-8-6-7-9-19)27-25(21)29-24(20)23(16)26(4)14-17(2)18(3)15-28(26)5/h10-15,19H,6-9H2,1-5H3. The Bertz CT molecular complexity index is 1180. The lowest BCUT2D eigenvalue weighted by atomic mass is 9.82. The molecule has 1 aliphatic heterocycles. The van der Waals surface area contributed by atoms with Crippen LogP contribution in [0.1, 0.15) is 69.2 Å². The molecule has 1 saturated carbocycles. The van der Waals surface area contributed by atoms with Gasteiger partial charge in [0.05, 0.1) is 5.54 Å². The quantitative estimate of drug-likeness (QED) is 0.477. The van der Waals surface area contributed by atoms with Gasteiger partial charge in [0, 0.05) is 41.2 Å². The van der Waals surface area contributed by atoms with Crippen LogP contribution in [-0.2, 0) is 5.54 Å². The molecule has 1 atom stereocenters. The zero-order valence-corrected chi connectivity index (χ0v) is 18.2. The van der Waals surface area contributed by atoms with Crippen LogP contribution in [-0.4, -0.2) is 16.9 Å². The molecule has 2 aliphatic rings. The van der Waals surface area contributed by atoms with E-state index in [1.54, 1.807) is 0 Å². The van der Waals surface area contributed by atoms with E-state index in [1.807, 2.05) is 0 Å². The maximum atomic E-state index is 6.51. The molecular weight excluding hydrogens is 356 g/mol. The molecule has 1 aromatic carbocycles. The van der Waals surface area contributed by atoms with Crippen molar-refractivity contribution in [1.82, 2.24) is 9.88 Å². The average Bonchev–Trinajstić information content (AvgIpc) is 3.33. The summed E-state index contributed by atoms with van der Waals surface area (Å²) >= 11 is 0. The highest BCUT2D eigenvalue weighted by Crippen LogP contribution is 2.43. The van der Waals surface area contributed by atoms with Crippen LogP contribution in [0.3, 0.4) is 0 Å². The van der Waals surface area contributed by atoms with Crippen LogP contribution < -0.4 is 0 Å². The van der Waals surface area contributed by atoms with Crippen molar-refractivity contribution in [3.05, 3.63) is 64.5 Å². The zero-order chi connectivity index (χ0) is 20.3. The number of hydrogen-bond acceptors (Lipinski definition) is 3. The molecule has 1 unspecified atom stereocenters. The summed E-state index contributed by atoms with van der Waals surface area (Å²) in [5.74, 6) is 0.592. The molecule has 2 aromatic heterocycles. The first-order chi connectivity index (χ1) is 13.9. The molecular formula is C26H30N2O. The van der Waals surface area contributed by atoms with E-state index in [4.69, 9.17) is 9.40 Å². The van der Waals surface area contributed by atoms with Crippen LogP contribution in [0, 0.1) is 6.92 Å². The molecule has 3 aromatic rings. The Morgan fingerprint density at radius 1 is 1.00 bits per heavy atom. The summed E-state index contributed by atoms with van der Waals surface area (Å²) in [5, 5.41) is 2.29. The van der Waals surface area contributed by atoms with Crippen LogP contribution in [0.4, 0.5) is 0 Å². The number of benzene rings is 1. The first-order valence-corrected chi connectivity index (χ1v) is 10.8. The van der Waals surface area contributed by atoms with Crippen molar-refractivity contribution < 1.29 is 4.42 Å². The first kappa shape index (κ1) is 18.5.